The number of hydrogen-bond acceptors (Lipinski definition) is 2. The van der Waals surface area contributed by atoms with Crippen molar-refractivity contribution in [1.29, 1.82) is 5.26 Å². The highest BCUT2D eigenvalue weighted by Crippen LogP contribution is 2.17. The van der Waals surface area contributed by atoms with Gasteiger partial charge in [0.05, 0.1) is 18.1 Å². The number of allylic oxidation sites excluding steroid dienone is 1. The van der Waals surface area contributed by atoms with Crippen molar-refractivity contribution in [2.24, 2.45) is 5.41 Å². The van der Waals surface area contributed by atoms with Gasteiger partial charge in [-0.25, -0.2) is 0 Å². The third-order valence-electron chi connectivity index (χ3n) is 1.62. The van der Waals surface area contributed by atoms with E-state index in [4.69, 9.17) is 10.00 Å². The lowest BCUT2D eigenvalue weighted by molar-refractivity contribution is 0.139. The molecule has 0 bridgehead atoms. The van der Waals surface area contributed by atoms with Gasteiger partial charge in [0.2, 0.25) is 0 Å². The Morgan fingerprint density at radius 3 is 2.67 bits per heavy atom. The van der Waals surface area contributed by atoms with Crippen LogP contribution in [0.5, 0.6) is 0 Å². The molecule has 0 aromatic heterocycles. The van der Waals surface area contributed by atoms with Crippen LogP contribution in [0.2, 0.25) is 0 Å². The van der Waals surface area contributed by atoms with E-state index in [1.165, 1.54) is 0 Å². The van der Waals surface area contributed by atoms with Gasteiger partial charge in [-0.2, -0.15) is 5.26 Å². The maximum absolute atomic E-state index is 8.68. The normalized spacial score (nSPS) is 11.8. The Morgan fingerprint density at radius 2 is 2.17 bits per heavy atom. The summed E-state index contributed by atoms with van der Waals surface area (Å²) in [5.41, 5.74) is -0.254. The molecule has 2 nitrogen and oxygen atoms in total. The van der Waals surface area contributed by atoms with E-state index in [1.807, 2.05) is 32.9 Å². The molecule has 0 aliphatic rings. The summed E-state index contributed by atoms with van der Waals surface area (Å²) >= 11 is 0. The number of hydrogen-bond donors (Lipinski definition) is 0. The van der Waals surface area contributed by atoms with Crippen molar-refractivity contribution in [2.75, 3.05) is 13.2 Å². The molecule has 68 valence electrons. The first kappa shape index (κ1) is 11.2. The summed E-state index contributed by atoms with van der Waals surface area (Å²) in [7, 11) is 0. The fourth-order valence-electron chi connectivity index (χ4n) is 0.631. The van der Waals surface area contributed by atoms with Crippen molar-refractivity contribution in [2.45, 2.75) is 27.2 Å². The van der Waals surface area contributed by atoms with Crippen LogP contribution in [-0.2, 0) is 4.74 Å². The molecule has 0 heterocycles. The van der Waals surface area contributed by atoms with Crippen LogP contribution in [0.1, 0.15) is 27.2 Å². The first-order valence-electron chi connectivity index (χ1n) is 4.22. The molecular weight excluding hydrogens is 150 g/mol. The van der Waals surface area contributed by atoms with E-state index in [1.54, 1.807) is 0 Å². The van der Waals surface area contributed by atoms with Crippen molar-refractivity contribution in [3.8, 4) is 6.07 Å². The fraction of sp³-hybridized carbons (Fsp3) is 0.700. The van der Waals surface area contributed by atoms with Gasteiger partial charge in [-0.05, 0) is 27.2 Å². The molecule has 0 unspecified atom stereocenters. The van der Waals surface area contributed by atoms with Crippen LogP contribution in [0.25, 0.3) is 0 Å². The summed E-state index contributed by atoms with van der Waals surface area (Å²) in [6.45, 7) is 7.11. The first-order valence-corrected chi connectivity index (χ1v) is 4.22. The smallest absolute Gasteiger partial charge is 0.0684 e. The molecule has 0 aliphatic heterocycles. The molecule has 2 heteroatoms. The van der Waals surface area contributed by atoms with Gasteiger partial charge in [0.1, 0.15) is 0 Å². The minimum Gasteiger partial charge on any atom is -0.377 e. The van der Waals surface area contributed by atoms with Crippen LogP contribution >= 0.6 is 0 Å². The monoisotopic (exact) mass is 167 g/mol. The molecule has 0 rings (SSSR count). The third kappa shape index (κ3) is 5.94. The second-order valence-electron chi connectivity index (χ2n) is 3.39. The van der Waals surface area contributed by atoms with Crippen LogP contribution in [0.3, 0.4) is 0 Å². The Morgan fingerprint density at radius 1 is 1.50 bits per heavy atom. The van der Waals surface area contributed by atoms with E-state index in [-0.39, 0.29) is 5.41 Å². The summed E-state index contributed by atoms with van der Waals surface area (Å²) in [4.78, 5) is 0. The zero-order chi connectivity index (χ0) is 9.45. The predicted octanol–water partition coefficient (Wildman–Crippen LogP) is 2.52. The lowest BCUT2D eigenvalue weighted by atomic mass is 9.92. The summed E-state index contributed by atoms with van der Waals surface area (Å²) in [5.74, 6) is 0. The van der Waals surface area contributed by atoms with Gasteiger partial charge in [0.15, 0.2) is 0 Å². The second kappa shape index (κ2) is 5.79. The van der Waals surface area contributed by atoms with Crippen molar-refractivity contribution >= 4 is 0 Å². The molecule has 0 saturated carbocycles. The molecule has 0 atom stereocenters. The molecule has 0 saturated heterocycles. The van der Waals surface area contributed by atoms with Gasteiger partial charge in [0.25, 0.3) is 0 Å². The largest absolute Gasteiger partial charge is 0.377 e. The Kier molecular flexibility index (Phi) is 5.40. The Labute approximate surface area is 74.8 Å². The van der Waals surface area contributed by atoms with Gasteiger partial charge in [-0.1, -0.05) is 12.2 Å². The highest BCUT2D eigenvalue weighted by atomic mass is 16.5. The predicted molar refractivity (Wildman–Crippen MR) is 49.6 cm³/mol. The van der Waals surface area contributed by atoms with Gasteiger partial charge < -0.3 is 4.74 Å². The van der Waals surface area contributed by atoms with Crippen LogP contribution in [0.4, 0.5) is 0 Å². The summed E-state index contributed by atoms with van der Waals surface area (Å²) in [6.07, 6.45) is 4.70. The van der Waals surface area contributed by atoms with E-state index in [0.717, 1.165) is 6.42 Å². The summed E-state index contributed by atoms with van der Waals surface area (Å²) in [6, 6.07) is 2.23. The molecular formula is C10H17NO. The van der Waals surface area contributed by atoms with E-state index in [9.17, 15) is 0 Å². The minimum absolute atomic E-state index is 0.254. The molecule has 0 amide bonds. The highest BCUT2D eigenvalue weighted by molar-refractivity contribution is 4.91. The molecule has 0 aromatic carbocycles. The van der Waals surface area contributed by atoms with Gasteiger partial charge in [0, 0.05) is 6.61 Å². The van der Waals surface area contributed by atoms with E-state index < -0.39 is 0 Å². The molecule has 0 aromatic rings. The Balaban J connectivity index is 3.39. The van der Waals surface area contributed by atoms with E-state index >= 15 is 0 Å². The zero-order valence-electron chi connectivity index (χ0n) is 8.13. The fourth-order valence-corrected chi connectivity index (χ4v) is 0.631. The topological polar surface area (TPSA) is 33.0 Å². The first-order chi connectivity index (χ1) is 5.62. The zero-order valence-corrected chi connectivity index (χ0v) is 8.13. The van der Waals surface area contributed by atoms with Crippen LogP contribution in [-0.4, -0.2) is 13.2 Å². The average Bonchev–Trinajstić information content (AvgIpc) is 2.04. The lowest BCUT2D eigenvalue weighted by Crippen LogP contribution is -2.11. The average molecular weight is 167 g/mol. The maximum Gasteiger partial charge on any atom is 0.0684 e. The van der Waals surface area contributed by atoms with Crippen molar-refractivity contribution in [1.82, 2.24) is 0 Å². The number of nitrogens with zero attached hydrogens (tertiary/aromatic N) is 1. The molecule has 0 radical (unpaired) electrons. The molecule has 0 N–H and O–H groups in total. The van der Waals surface area contributed by atoms with Crippen molar-refractivity contribution in [3.63, 3.8) is 0 Å². The van der Waals surface area contributed by atoms with Crippen LogP contribution in [0, 0.1) is 16.7 Å². The van der Waals surface area contributed by atoms with Crippen LogP contribution in [0.15, 0.2) is 12.2 Å². The molecule has 0 fully saturated rings. The van der Waals surface area contributed by atoms with Gasteiger partial charge >= 0.3 is 0 Å². The van der Waals surface area contributed by atoms with E-state index in [0.29, 0.717) is 13.2 Å². The third-order valence-corrected chi connectivity index (χ3v) is 1.62. The molecule has 0 spiro atoms. The number of ether oxygens (including phenoxy) is 1. The number of rotatable bonds is 5. The maximum atomic E-state index is 8.68. The number of nitriles is 1. The molecule has 12 heavy (non-hydrogen) atoms. The lowest BCUT2D eigenvalue weighted by Gasteiger charge is -2.13. The van der Waals surface area contributed by atoms with Gasteiger partial charge in [-0.15, -0.1) is 0 Å². The van der Waals surface area contributed by atoms with Gasteiger partial charge in [-0.3, -0.25) is 0 Å². The standard InChI is InChI=1S/C10H17NO/c1-4-5-7-12-8-6-10(2,3)9-11/h4-5H,6-8H2,1-3H3. The Hall–Kier alpha value is -0.810. The summed E-state index contributed by atoms with van der Waals surface area (Å²) in [5, 5.41) is 8.68. The SMILES string of the molecule is CC=CCOCCC(C)(C)C#N. The van der Waals surface area contributed by atoms with Crippen LogP contribution < -0.4 is 0 Å². The minimum atomic E-state index is -0.254. The van der Waals surface area contributed by atoms with Crippen molar-refractivity contribution < 1.29 is 4.74 Å². The summed E-state index contributed by atoms with van der Waals surface area (Å²) < 4.78 is 5.27. The van der Waals surface area contributed by atoms with E-state index in [2.05, 4.69) is 6.07 Å². The highest BCUT2D eigenvalue weighted by Gasteiger charge is 2.15. The quantitative estimate of drug-likeness (QED) is 0.465. The molecule has 0 aliphatic carbocycles. The second-order valence-corrected chi connectivity index (χ2v) is 3.39. The Bertz CT molecular complexity index is 177. The van der Waals surface area contributed by atoms with Crippen molar-refractivity contribution in [3.05, 3.63) is 12.2 Å².